The average molecular weight is 393 g/mol. The quantitative estimate of drug-likeness (QED) is 0.633. The Labute approximate surface area is 167 Å². The highest BCUT2D eigenvalue weighted by Gasteiger charge is 2.13. The number of methoxy groups -OCH3 is 2. The molecule has 6 nitrogen and oxygen atoms in total. The minimum atomic E-state index is -0.230. The van der Waals surface area contributed by atoms with Crippen LogP contribution in [0.4, 0.5) is 5.69 Å². The molecule has 3 rings (SSSR count). The molecule has 1 aromatic heterocycles. The number of aryl methyl sites for hydroxylation is 1. The van der Waals surface area contributed by atoms with Crippen LogP contribution in [-0.2, 0) is 4.79 Å². The minimum Gasteiger partial charge on any atom is -0.497 e. The van der Waals surface area contributed by atoms with Crippen molar-refractivity contribution in [2.75, 3.05) is 25.3 Å². The number of nitrogens with zero attached hydrogens (tertiary/aromatic N) is 2. The molecule has 1 N–H and O–H groups in total. The number of rotatable bonds is 6. The summed E-state index contributed by atoms with van der Waals surface area (Å²) in [6, 6.07) is 15.0. The molecule has 0 aliphatic heterocycles. The van der Waals surface area contributed by atoms with E-state index in [9.17, 15) is 10.1 Å². The number of nitriles is 1. The summed E-state index contributed by atoms with van der Waals surface area (Å²) >= 11 is 1.22. The van der Waals surface area contributed by atoms with Gasteiger partial charge < -0.3 is 14.8 Å². The summed E-state index contributed by atoms with van der Waals surface area (Å²) in [5, 5.41) is 13.7. The number of hydrogen-bond acceptors (Lipinski definition) is 6. The van der Waals surface area contributed by atoms with E-state index < -0.39 is 0 Å². The third-order valence-corrected chi connectivity index (χ3v) is 5.07. The fraction of sp³-hybridized carbons (Fsp3) is 0.190. The number of fused-ring (bicyclic) bond motifs is 1. The second-order valence-electron chi connectivity index (χ2n) is 6.05. The Morgan fingerprint density at radius 2 is 2.00 bits per heavy atom. The van der Waals surface area contributed by atoms with Crippen molar-refractivity contribution in [1.29, 1.82) is 5.26 Å². The number of nitrogens with one attached hydrogen (secondary N) is 1. The van der Waals surface area contributed by atoms with E-state index in [0.29, 0.717) is 27.8 Å². The zero-order chi connectivity index (χ0) is 20.1. The molecule has 0 atom stereocenters. The van der Waals surface area contributed by atoms with Gasteiger partial charge in [-0.15, -0.1) is 0 Å². The summed E-state index contributed by atoms with van der Waals surface area (Å²) in [7, 11) is 3.09. The highest BCUT2D eigenvalue weighted by Crippen LogP contribution is 2.30. The highest BCUT2D eigenvalue weighted by molar-refractivity contribution is 8.00. The zero-order valence-electron chi connectivity index (χ0n) is 15.8. The Morgan fingerprint density at radius 3 is 2.71 bits per heavy atom. The molecule has 1 heterocycles. The molecule has 0 unspecified atom stereocenters. The van der Waals surface area contributed by atoms with E-state index in [1.54, 1.807) is 31.4 Å². The normalized spacial score (nSPS) is 10.4. The van der Waals surface area contributed by atoms with Gasteiger partial charge in [-0.2, -0.15) is 5.26 Å². The highest BCUT2D eigenvalue weighted by atomic mass is 32.2. The Balaban J connectivity index is 1.76. The first kappa shape index (κ1) is 19.5. The number of carbonyl (C=O) groups is 1. The first-order chi connectivity index (χ1) is 13.5. The predicted molar refractivity (Wildman–Crippen MR) is 110 cm³/mol. The summed E-state index contributed by atoms with van der Waals surface area (Å²) in [5.74, 6) is 1.03. The maximum absolute atomic E-state index is 12.4. The predicted octanol–water partition coefficient (Wildman–Crippen LogP) is 4.16. The van der Waals surface area contributed by atoms with Gasteiger partial charge in [0.2, 0.25) is 5.91 Å². The van der Waals surface area contributed by atoms with Gasteiger partial charge in [0.05, 0.1) is 36.7 Å². The molecular weight excluding hydrogens is 374 g/mol. The summed E-state index contributed by atoms with van der Waals surface area (Å²) < 4.78 is 10.5. The number of thioether (sulfide) groups is 1. The van der Waals surface area contributed by atoms with Crippen molar-refractivity contribution in [3.05, 3.63) is 53.6 Å². The molecule has 0 saturated carbocycles. The summed E-state index contributed by atoms with van der Waals surface area (Å²) in [6.07, 6.45) is 0. The molecule has 0 fully saturated rings. The van der Waals surface area contributed by atoms with Crippen molar-refractivity contribution in [3.8, 4) is 17.6 Å². The van der Waals surface area contributed by atoms with Crippen molar-refractivity contribution < 1.29 is 14.3 Å². The largest absolute Gasteiger partial charge is 0.497 e. The van der Waals surface area contributed by atoms with Crippen LogP contribution in [0.3, 0.4) is 0 Å². The van der Waals surface area contributed by atoms with Gasteiger partial charge in [0.15, 0.2) is 0 Å². The lowest BCUT2D eigenvalue weighted by atomic mass is 10.1. The fourth-order valence-corrected chi connectivity index (χ4v) is 3.46. The number of carbonyl (C=O) groups excluding carboxylic acids is 1. The van der Waals surface area contributed by atoms with Gasteiger partial charge in [0, 0.05) is 11.5 Å². The Kier molecular flexibility index (Phi) is 6.02. The average Bonchev–Trinajstić information content (AvgIpc) is 2.71. The van der Waals surface area contributed by atoms with Gasteiger partial charge in [0.25, 0.3) is 0 Å². The van der Waals surface area contributed by atoms with E-state index in [2.05, 4.69) is 16.4 Å². The van der Waals surface area contributed by atoms with Gasteiger partial charge in [-0.1, -0.05) is 23.4 Å². The molecule has 1 amide bonds. The molecule has 0 spiro atoms. The van der Waals surface area contributed by atoms with Crippen LogP contribution in [0.5, 0.6) is 11.5 Å². The van der Waals surface area contributed by atoms with Crippen LogP contribution in [0.25, 0.3) is 10.9 Å². The number of anilines is 1. The molecule has 0 aliphatic carbocycles. The maximum atomic E-state index is 12.4. The van der Waals surface area contributed by atoms with Crippen LogP contribution in [0.15, 0.2) is 47.5 Å². The first-order valence-electron chi connectivity index (χ1n) is 8.50. The lowest BCUT2D eigenvalue weighted by Crippen LogP contribution is -2.15. The van der Waals surface area contributed by atoms with E-state index in [4.69, 9.17) is 9.47 Å². The van der Waals surface area contributed by atoms with Crippen LogP contribution in [0, 0.1) is 18.3 Å². The van der Waals surface area contributed by atoms with E-state index in [1.165, 1.54) is 18.9 Å². The van der Waals surface area contributed by atoms with Crippen LogP contribution in [0.2, 0.25) is 0 Å². The summed E-state index contributed by atoms with van der Waals surface area (Å²) in [6.45, 7) is 1.99. The molecule has 7 heteroatoms. The third kappa shape index (κ3) is 4.35. The van der Waals surface area contributed by atoms with Crippen LogP contribution < -0.4 is 14.8 Å². The van der Waals surface area contributed by atoms with Crippen molar-refractivity contribution >= 4 is 34.3 Å². The van der Waals surface area contributed by atoms with Crippen molar-refractivity contribution in [1.82, 2.24) is 4.98 Å². The van der Waals surface area contributed by atoms with Gasteiger partial charge in [-0.05, 0) is 37.3 Å². The van der Waals surface area contributed by atoms with E-state index in [1.807, 2.05) is 25.1 Å². The van der Waals surface area contributed by atoms with Gasteiger partial charge in [-0.25, -0.2) is 4.98 Å². The number of ether oxygens (including phenoxy) is 2. The lowest BCUT2D eigenvalue weighted by Gasteiger charge is -2.12. The van der Waals surface area contributed by atoms with Crippen molar-refractivity contribution in [3.63, 3.8) is 0 Å². The topological polar surface area (TPSA) is 84.2 Å². The number of hydrogen-bond donors (Lipinski definition) is 1. The second kappa shape index (κ2) is 8.63. The molecule has 3 aromatic rings. The summed E-state index contributed by atoms with van der Waals surface area (Å²) in [5.41, 5.74) is 2.87. The number of pyridine rings is 1. The van der Waals surface area contributed by atoms with Crippen molar-refractivity contribution in [2.45, 2.75) is 11.9 Å². The Bertz CT molecular complexity index is 1080. The van der Waals surface area contributed by atoms with Crippen LogP contribution in [-0.4, -0.2) is 30.9 Å². The van der Waals surface area contributed by atoms with Gasteiger partial charge in [0.1, 0.15) is 22.6 Å². The SMILES string of the molecule is COc1ccc(OC)c(NC(=O)CSc2nc3ccc(C)cc3cc2C#N)c1. The molecule has 142 valence electrons. The second-order valence-corrected chi connectivity index (χ2v) is 7.02. The van der Waals surface area contributed by atoms with Gasteiger partial charge >= 0.3 is 0 Å². The number of amides is 1. The smallest absolute Gasteiger partial charge is 0.234 e. The molecule has 0 aliphatic rings. The minimum absolute atomic E-state index is 0.111. The molecule has 0 bridgehead atoms. The molecular formula is C21H19N3O3S. The van der Waals surface area contributed by atoms with E-state index in [-0.39, 0.29) is 11.7 Å². The molecule has 0 radical (unpaired) electrons. The molecule has 28 heavy (non-hydrogen) atoms. The fourth-order valence-electron chi connectivity index (χ4n) is 2.70. The summed E-state index contributed by atoms with van der Waals surface area (Å²) in [4.78, 5) is 17.0. The number of aromatic nitrogens is 1. The van der Waals surface area contributed by atoms with E-state index in [0.717, 1.165) is 16.5 Å². The maximum Gasteiger partial charge on any atom is 0.234 e. The number of benzene rings is 2. The van der Waals surface area contributed by atoms with Crippen molar-refractivity contribution in [2.24, 2.45) is 0 Å². The van der Waals surface area contributed by atoms with Crippen LogP contribution in [0.1, 0.15) is 11.1 Å². The lowest BCUT2D eigenvalue weighted by molar-refractivity contribution is -0.113. The molecule has 2 aromatic carbocycles. The van der Waals surface area contributed by atoms with E-state index >= 15 is 0 Å². The van der Waals surface area contributed by atoms with Gasteiger partial charge in [-0.3, -0.25) is 4.79 Å². The zero-order valence-corrected chi connectivity index (χ0v) is 16.6. The standard InChI is InChI=1S/C21H19N3O3S/c1-13-4-6-17-14(8-13)9-15(11-22)21(24-17)28-12-20(25)23-18-10-16(26-2)5-7-19(18)27-3/h4-10H,12H2,1-3H3,(H,23,25). The third-order valence-electron chi connectivity index (χ3n) is 4.08. The first-order valence-corrected chi connectivity index (χ1v) is 9.49. The molecule has 0 saturated heterocycles. The Morgan fingerprint density at radius 1 is 1.18 bits per heavy atom. The monoisotopic (exact) mass is 393 g/mol. The Hall–Kier alpha value is -3.24. The van der Waals surface area contributed by atoms with Crippen LogP contribution >= 0.6 is 11.8 Å².